The minimum Gasteiger partial charge on any atom is -0.464 e. The maximum atomic E-state index is 12.8. The first kappa shape index (κ1) is 19.5. The monoisotopic (exact) mass is 365 g/mol. The van der Waals surface area contributed by atoms with E-state index < -0.39 is 17.5 Å². The number of hydrogen-bond acceptors (Lipinski definition) is 6. The lowest BCUT2D eigenvalue weighted by Gasteiger charge is -2.27. The summed E-state index contributed by atoms with van der Waals surface area (Å²) >= 11 is 1.12. The molecule has 2 N–H and O–H groups in total. The zero-order valence-corrected chi connectivity index (χ0v) is 15.2. The van der Waals surface area contributed by atoms with Crippen molar-refractivity contribution in [2.24, 2.45) is 5.41 Å². The smallest absolute Gasteiger partial charge is 0.336 e. The number of amides is 1. The van der Waals surface area contributed by atoms with E-state index in [4.69, 9.17) is 4.74 Å². The van der Waals surface area contributed by atoms with Crippen molar-refractivity contribution in [2.45, 2.75) is 32.8 Å². The highest BCUT2D eigenvalue weighted by Gasteiger charge is 2.44. The third-order valence-corrected chi connectivity index (χ3v) is 5.33. The summed E-state index contributed by atoms with van der Waals surface area (Å²) in [6, 6.07) is 7.82. The number of carbonyl (C=O) groups excluding carboxylic acids is 3. The Morgan fingerprint density at radius 1 is 1.28 bits per heavy atom. The van der Waals surface area contributed by atoms with Crippen molar-refractivity contribution in [3.63, 3.8) is 0 Å². The predicted octanol–water partition coefficient (Wildman–Crippen LogP) is 1.09. The van der Waals surface area contributed by atoms with Crippen molar-refractivity contribution >= 4 is 28.8 Å². The molecule has 1 aromatic carbocycles. The number of ether oxygens (including phenoxy) is 1. The van der Waals surface area contributed by atoms with Gasteiger partial charge in [0.05, 0.1) is 18.6 Å². The molecular weight excluding hydrogens is 342 g/mol. The van der Waals surface area contributed by atoms with E-state index in [-0.39, 0.29) is 24.2 Å². The van der Waals surface area contributed by atoms with E-state index in [0.29, 0.717) is 18.6 Å². The largest absolute Gasteiger partial charge is 0.464 e. The average Bonchev–Trinajstić information content (AvgIpc) is 2.97. The summed E-state index contributed by atoms with van der Waals surface area (Å²) in [5, 5.41) is 12.4. The average molecular weight is 365 g/mol. The Morgan fingerprint density at radius 3 is 2.40 bits per heavy atom. The van der Waals surface area contributed by atoms with Crippen molar-refractivity contribution in [3.05, 3.63) is 35.4 Å². The predicted molar refractivity (Wildman–Crippen MR) is 95.1 cm³/mol. The lowest BCUT2D eigenvalue weighted by atomic mass is 9.85. The van der Waals surface area contributed by atoms with Gasteiger partial charge in [0.15, 0.2) is 11.2 Å². The SMILES string of the molecule is CCOC(=O)[C@@H](O)CNC(=O)C1(CSC(C)=O)Cc2ccccc2C1. The summed E-state index contributed by atoms with van der Waals surface area (Å²) in [4.78, 5) is 35.7. The molecular formula is C18H23NO5S. The van der Waals surface area contributed by atoms with Crippen LogP contribution in [0.3, 0.4) is 0 Å². The number of carbonyl (C=O) groups is 3. The number of aliphatic hydroxyl groups excluding tert-OH is 1. The molecule has 2 rings (SSSR count). The summed E-state index contributed by atoms with van der Waals surface area (Å²) in [6.45, 7) is 3.08. The van der Waals surface area contributed by atoms with E-state index in [1.165, 1.54) is 6.92 Å². The highest BCUT2D eigenvalue weighted by atomic mass is 32.2. The lowest BCUT2D eigenvalue weighted by Crippen LogP contribution is -2.47. The van der Waals surface area contributed by atoms with Gasteiger partial charge >= 0.3 is 5.97 Å². The van der Waals surface area contributed by atoms with Crippen LogP contribution in [0.5, 0.6) is 0 Å². The molecule has 0 heterocycles. The molecule has 0 saturated carbocycles. The van der Waals surface area contributed by atoms with Crippen molar-refractivity contribution in [2.75, 3.05) is 18.9 Å². The molecule has 0 saturated heterocycles. The maximum absolute atomic E-state index is 12.8. The van der Waals surface area contributed by atoms with Gasteiger partial charge in [0, 0.05) is 12.7 Å². The Kier molecular flexibility index (Phi) is 6.61. The van der Waals surface area contributed by atoms with Gasteiger partial charge in [-0.1, -0.05) is 36.0 Å². The number of rotatable bonds is 7. The fourth-order valence-corrected chi connectivity index (χ4v) is 3.78. The third-order valence-electron chi connectivity index (χ3n) is 4.22. The Bertz CT molecular complexity index is 636. The van der Waals surface area contributed by atoms with Gasteiger partial charge in [0.1, 0.15) is 0 Å². The molecule has 7 heteroatoms. The van der Waals surface area contributed by atoms with Gasteiger partial charge in [-0.2, -0.15) is 0 Å². The third kappa shape index (κ3) is 4.83. The van der Waals surface area contributed by atoms with E-state index >= 15 is 0 Å². The van der Waals surface area contributed by atoms with Crippen LogP contribution in [0.2, 0.25) is 0 Å². The zero-order valence-electron chi connectivity index (χ0n) is 14.4. The first-order valence-electron chi connectivity index (χ1n) is 8.21. The molecule has 1 atom stereocenters. The van der Waals surface area contributed by atoms with Crippen molar-refractivity contribution in [3.8, 4) is 0 Å². The molecule has 0 aromatic heterocycles. The van der Waals surface area contributed by atoms with E-state index in [1.807, 2.05) is 24.3 Å². The molecule has 1 aromatic rings. The Hall–Kier alpha value is -1.86. The molecule has 6 nitrogen and oxygen atoms in total. The van der Waals surface area contributed by atoms with Crippen LogP contribution in [0.15, 0.2) is 24.3 Å². The van der Waals surface area contributed by atoms with Crippen LogP contribution in [-0.2, 0) is 32.0 Å². The molecule has 0 fully saturated rings. The first-order chi connectivity index (χ1) is 11.9. The van der Waals surface area contributed by atoms with Crippen molar-refractivity contribution in [1.29, 1.82) is 0 Å². The molecule has 1 aliphatic rings. The second-order valence-electron chi connectivity index (χ2n) is 6.16. The Balaban J connectivity index is 2.07. The summed E-state index contributed by atoms with van der Waals surface area (Å²) in [5.74, 6) is -0.663. The Labute approximate surface area is 151 Å². The number of aliphatic hydroxyl groups is 1. The minimum atomic E-state index is -1.40. The second kappa shape index (κ2) is 8.49. The number of nitrogens with one attached hydrogen (secondary N) is 1. The highest BCUT2D eigenvalue weighted by molar-refractivity contribution is 8.13. The molecule has 0 spiro atoms. The molecule has 1 aliphatic carbocycles. The van der Waals surface area contributed by atoms with Crippen LogP contribution in [0.1, 0.15) is 25.0 Å². The number of fused-ring (bicyclic) bond motifs is 1. The molecule has 25 heavy (non-hydrogen) atoms. The summed E-state index contributed by atoms with van der Waals surface area (Å²) in [7, 11) is 0. The minimum absolute atomic E-state index is 0.0466. The molecule has 0 aliphatic heterocycles. The maximum Gasteiger partial charge on any atom is 0.336 e. The van der Waals surface area contributed by atoms with Gasteiger partial charge in [0.25, 0.3) is 0 Å². The van der Waals surface area contributed by atoms with Crippen LogP contribution in [0.25, 0.3) is 0 Å². The topological polar surface area (TPSA) is 92.7 Å². The number of hydrogen-bond donors (Lipinski definition) is 2. The van der Waals surface area contributed by atoms with E-state index in [2.05, 4.69) is 5.32 Å². The molecule has 0 radical (unpaired) electrons. The summed E-state index contributed by atoms with van der Waals surface area (Å²) < 4.78 is 4.73. The number of esters is 1. The normalized spacial score (nSPS) is 16.0. The van der Waals surface area contributed by atoms with Crippen LogP contribution in [0.4, 0.5) is 0 Å². The molecule has 0 bridgehead atoms. The lowest BCUT2D eigenvalue weighted by molar-refractivity contribution is -0.153. The van der Waals surface area contributed by atoms with E-state index in [1.54, 1.807) is 6.92 Å². The van der Waals surface area contributed by atoms with Gasteiger partial charge < -0.3 is 15.2 Å². The Morgan fingerprint density at radius 2 is 1.88 bits per heavy atom. The number of thioether (sulfide) groups is 1. The first-order valence-corrected chi connectivity index (χ1v) is 9.19. The fraction of sp³-hybridized carbons (Fsp3) is 0.500. The molecule has 136 valence electrons. The van der Waals surface area contributed by atoms with Gasteiger partial charge in [0.2, 0.25) is 5.91 Å². The van der Waals surface area contributed by atoms with Gasteiger partial charge in [-0.15, -0.1) is 0 Å². The fourth-order valence-electron chi connectivity index (χ4n) is 2.96. The van der Waals surface area contributed by atoms with Crippen molar-refractivity contribution in [1.82, 2.24) is 5.32 Å². The number of benzene rings is 1. The van der Waals surface area contributed by atoms with E-state index in [0.717, 1.165) is 22.9 Å². The van der Waals surface area contributed by atoms with Crippen LogP contribution in [-0.4, -0.2) is 47.1 Å². The molecule has 1 amide bonds. The molecule has 0 unspecified atom stereocenters. The summed E-state index contributed by atoms with van der Waals surface area (Å²) in [6.07, 6.45) is -0.333. The second-order valence-corrected chi connectivity index (χ2v) is 7.31. The standard InChI is InChI=1S/C18H23NO5S/c1-3-24-16(22)15(21)10-19-17(23)18(11-25-12(2)20)8-13-6-4-5-7-14(13)9-18/h4-7,15,21H,3,8-11H2,1-2H3,(H,19,23)/t15-/m0/s1. The van der Waals surface area contributed by atoms with Crippen LogP contribution in [0, 0.1) is 5.41 Å². The van der Waals surface area contributed by atoms with Crippen LogP contribution >= 0.6 is 11.8 Å². The van der Waals surface area contributed by atoms with Gasteiger partial charge in [-0.25, -0.2) is 4.79 Å². The van der Waals surface area contributed by atoms with Gasteiger partial charge in [-0.3, -0.25) is 9.59 Å². The van der Waals surface area contributed by atoms with Crippen LogP contribution < -0.4 is 5.32 Å². The zero-order chi connectivity index (χ0) is 18.4. The van der Waals surface area contributed by atoms with E-state index in [9.17, 15) is 19.5 Å². The van der Waals surface area contributed by atoms with Gasteiger partial charge in [-0.05, 0) is 30.9 Å². The highest BCUT2D eigenvalue weighted by Crippen LogP contribution is 2.39. The summed E-state index contributed by atoms with van der Waals surface area (Å²) in [5.41, 5.74) is 1.43. The quantitative estimate of drug-likeness (QED) is 0.703. The van der Waals surface area contributed by atoms with Crippen molar-refractivity contribution < 1.29 is 24.2 Å².